The molecule has 3 saturated carbocycles. The van der Waals surface area contributed by atoms with Crippen molar-refractivity contribution in [2.24, 2.45) is 11.3 Å². The van der Waals surface area contributed by atoms with Crippen LogP contribution in [0.3, 0.4) is 0 Å². The Morgan fingerprint density at radius 1 is 1.17 bits per heavy atom. The second kappa shape index (κ2) is 11.0. The van der Waals surface area contributed by atoms with Crippen LogP contribution in [0.1, 0.15) is 104 Å². The molecule has 0 bridgehead atoms. The van der Waals surface area contributed by atoms with E-state index in [1.54, 1.807) is 5.57 Å². The zero-order chi connectivity index (χ0) is 26.0. The first-order valence-corrected chi connectivity index (χ1v) is 14.2. The molecule has 4 rings (SSSR count). The molecule has 1 unspecified atom stereocenters. The van der Waals surface area contributed by atoms with Gasteiger partial charge in [0.15, 0.2) is 5.79 Å². The van der Waals surface area contributed by atoms with E-state index in [9.17, 15) is 15.0 Å². The summed E-state index contributed by atoms with van der Waals surface area (Å²) in [6.07, 6.45) is 17.5. The fraction of sp³-hybridized carbons (Fsp3) is 0.710. The molecule has 0 aromatic heterocycles. The van der Waals surface area contributed by atoms with E-state index >= 15 is 0 Å². The number of esters is 1. The number of aliphatic hydroxyl groups excluding tert-OH is 1. The highest BCUT2D eigenvalue weighted by Crippen LogP contribution is 2.55. The van der Waals surface area contributed by atoms with Gasteiger partial charge in [-0.15, -0.1) is 0 Å². The third-order valence-corrected chi connectivity index (χ3v) is 9.58. The van der Waals surface area contributed by atoms with Crippen molar-refractivity contribution in [2.75, 3.05) is 6.61 Å². The van der Waals surface area contributed by atoms with E-state index in [1.807, 2.05) is 6.08 Å². The minimum atomic E-state index is -1.62. The third kappa shape index (κ3) is 5.58. The molecule has 0 amide bonds. The molecule has 4 atom stereocenters. The summed E-state index contributed by atoms with van der Waals surface area (Å²) in [6.45, 7) is 10.5. The van der Waals surface area contributed by atoms with Crippen molar-refractivity contribution in [3.05, 3.63) is 47.1 Å². The molecule has 200 valence electrons. The van der Waals surface area contributed by atoms with Crippen LogP contribution in [0.2, 0.25) is 0 Å². The summed E-state index contributed by atoms with van der Waals surface area (Å²) in [4.78, 5) is 12.6. The van der Waals surface area contributed by atoms with Crippen LogP contribution in [0.5, 0.6) is 0 Å². The fourth-order valence-corrected chi connectivity index (χ4v) is 7.25. The zero-order valence-electron chi connectivity index (χ0n) is 22.6. The van der Waals surface area contributed by atoms with E-state index in [2.05, 4.69) is 39.5 Å². The lowest BCUT2D eigenvalue weighted by Crippen LogP contribution is -2.44. The monoisotopic (exact) mass is 498 g/mol. The maximum atomic E-state index is 12.6. The van der Waals surface area contributed by atoms with Crippen LogP contribution in [0.15, 0.2) is 47.1 Å². The molecule has 3 fully saturated rings. The van der Waals surface area contributed by atoms with Crippen LogP contribution in [-0.4, -0.2) is 40.3 Å². The van der Waals surface area contributed by atoms with Gasteiger partial charge < -0.3 is 19.7 Å². The van der Waals surface area contributed by atoms with Gasteiger partial charge in [0.25, 0.3) is 0 Å². The Labute approximate surface area is 217 Å². The van der Waals surface area contributed by atoms with Crippen LogP contribution in [-0.2, 0) is 14.3 Å². The highest BCUT2D eigenvalue weighted by atomic mass is 16.6. The molecule has 5 heteroatoms. The first kappa shape index (κ1) is 27.3. The number of allylic oxidation sites excluding steroid dienone is 5. The van der Waals surface area contributed by atoms with Crippen molar-refractivity contribution in [3.8, 4) is 0 Å². The van der Waals surface area contributed by atoms with Gasteiger partial charge in [0.05, 0.1) is 6.10 Å². The van der Waals surface area contributed by atoms with E-state index < -0.39 is 23.5 Å². The number of aliphatic hydroxyl groups is 2. The van der Waals surface area contributed by atoms with E-state index in [0.29, 0.717) is 11.5 Å². The van der Waals surface area contributed by atoms with Gasteiger partial charge in [0.1, 0.15) is 12.2 Å². The molecular weight excluding hydrogens is 452 g/mol. The summed E-state index contributed by atoms with van der Waals surface area (Å²) in [5, 5.41) is 21.9. The number of ether oxygens (including phenoxy) is 2. The SMILES string of the molecule is C=C1C(=CC=C2CCC[C@]3(C)C(CC)=CC[C@@H]23)C[C@](O)(OCC(=O)OC2(CC)CCCCC2)CC1O. The molecule has 0 saturated heterocycles. The normalized spacial score (nSPS) is 36.6. The van der Waals surface area contributed by atoms with Gasteiger partial charge >= 0.3 is 5.97 Å². The lowest BCUT2D eigenvalue weighted by molar-refractivity contribution is -0.230. The minimum absolute atomic E-state index is 0.00355. The van der Waals surface area contributed by atoms with E-state index in [0.717, 1.165) is 56.9 Å². The summed E-state index contributed by atoms with van der Waals surface area (Å²) >= 11 is 0. The summed E-state index contributed by atoms with van der Waals surface area (Å²) in [7, 11) is 0. The molecule has 4 aliphatic carbocycles. The largest absolute Gasteiger partial charge is 0.457 e. The highest BCUT2D eigenvalue weighted by molar-refractivity contribution is 5.71. The quantitative estimate of drug-likeness (QED) is 0.239. The van der Waals surface area contributed by atoms with Crippen molar-refractivity contribution in [1.82, 2.24) is 0 Å². The minimum Gasteiger partial charge on any atom is -0.457 e. The molecule has 2 N–H and O–H groups in total. The van der Waals surface area contributed by atoms with Crippen molar-refractivity contribution in [3.63, 3.8) is 0 Å². The number of fused-ring (bicyclic) bond motifs is 1. The second-order valence-corrected chi connectivity index (χ2v) is 11.8. The standard InChI is InChI=1S/C31H46O5/c1-5-25-14-15-26-23(11-10-16-29(25,26)4)12-13-24-19-31(34,20-27(32)22(24)3)35-21-28(33)36-30(6-2)17-8-7-9-18-30/h12-14,26-27,32,34H,3,5-11,15-21H2,1-2,4H3/t26-,27?,29+,31-/m0/s1. The summed E-state index contributed by atoms with van der Waals surface area (Å²) in [5.41, 5.74) is 4.26. The number of hydrogen-bond donors (Lipinski definition) is 2. The number of carbonyl (C=O) groups is 1. The lowest BCUT2D eigenvalue weighted by Gasteiger charge is -2.41. The molecule has 36 heavy (non-hydrogen) atoms. The number of hydrogen-bond acceptors (Lipinski definition) is 5. The first-order valence-electron chi connectivity index (χ1n) is 14.2. The van der Waals surface area contributed by atoms with Gasteiger partial charge in [-0.3, -0.25) is 0 Å². The molecule has 0 aliphatic heterocycles. The highest BCUT2D eigenvalue weighted by Gasteiger charge is 2.44. The van der Waals surface area contributed by atoms with E-state index in [4.69, 9.17) is 9.47 Å². The summed E-state index contributed by atoms with van der Waals surface area (Å²) < 4.78 is 11.6. The smallest absolute Gasteiger partial charge is 0.332 e. The maximum Gasteiger partial charge on any atom is 0.332 e. The average Bonchev–Trinajstić information content (AvgIpc) is 3.21. The molecule has 0 radical (unpaired) electrons. The maximum absolute atomic E-state index is 12.6. The summed E-state index contributed by atoms with van der Waals surface area (Å²) in [5.74, 6) is -1.54. The molecular formula is C31H46O5. The Kier molecular flexibility index (Phi) is 8.33. The van der Waals surface area contributed by atoms with Crippen molar-refractivity contribution in [1.29, 1.82) is 0 Å². The Hall–Kier alpha value is -1.69. The molecule has 0 aromatic rings. The summed E-state index contributed by atoms with van der Waals surface area (Å²) in [6, 6.07) is 0. The fourth-order valence-electron chi connectivity index (χ4n) is 7.25. The molecule has 0 heterocycles. The van der Waals surface area contributed by atoms with Gasteiger partial charge in [0, 0.05) is 12.8 Å². The van der Waals surface area contributed by atoms with E-state index in [-0.39, 0.29) is 24.9 Å². The van der Waals surface area contributed by atoms with Crippen LogP contribution in [0.4, 0.5) is 0 Å². The average molecular weight is 499 g/mol. The first-order chi connectivity index (χ1) is 17.1. The molecule has 5 nitrogen and oxygen atoms in total. The van der Waals surface area contributed by atoms with Crippen molar-refractivity contribution in [2.45, 2.75) is 122 Å². The van der Waals surface area contributed by atoms with Gasteiger partial charge in [0.2, 0.25) is 0 Å². The molecule has 0 aromatic carbocycles. The van der Waals surface area contributed by atoms with Crippen molar-refractivity contribution >= 4 is 5.97 Å². The zero-order valence-corrected chi connectivity index (χ0v) is 22.6. The molecule has 4 aliphatic rings. The number of rotatable bonds is 7. The Bertz CT molecular complexity index is 937. The number of carbonyl (C=O) groups excluding carboxylic acids is 1. The van der Waals surface area contributed by atoms with Crippen LogP contribution >= 0.6 is 0 Å². The predicted molar refractivity (Wildman–Crippen MR) is 142 cm³/mol. The van der Waals surface area contributed by atoms with E-state index in [1.165, 1.54) is 24.8 Å². The second-order valence-electron chi connectivity index (χ2n) is 11.8. The van der Waals surface area contributed by atoms with Crippen LogP contribution < -0.4 is 0 Å². The third-order valence-electron chi connectivity index (χ3n) is 9.58. The predicted octanol–water partition coefficient (Wildman–Crippen LogP) is 6.46. The van der Waals surface area contributed by atoms with Gasteiger partial charge in [-0.1, -0.05) is 63.1 Å². The van der Waals surface area contributed by atoms with Crippen LogP contribution in [0.25, 0.3) is 0 Å². The Morgan fingerprint density at radius 3 is 2.61 bits per heavy atom. The van der Waals surface area contributed by atoms with Crippen molar-refractivity contribution < 1.29 is 24.5 Å². The Morgan fingerprint density at radius 2 is 1.92 bits per heavy atom. The lowest BCUT2D eigenvalue weighted by atomic mass is 9.64. The van der Waals surface area contributed by atoms with Crippen LogP contribution in [0, 0.1) is 11.3 Å². The topological polar surface area (TPSA) is 76.0 Å². The van der Waals surface area contributed by atoms with Gasteiger partial charge in [-0.2, -0.15) is 0 Å². The van der Waals surface area contributed by atoms with Gasteiger partial charge in [-0.25, -0.2) is 4.79 Å². The van der Waals surface area contributed by atoms with Gasteiger partial charge in [-0.05, 0) is 86.7 Å². The molecule has 0 spiro atoms. The Balaban J connectivity index is 1.42.